The van der Waals surface area contributed by atoms with Crippen LogP contribution in [0.2, 0.25) is 0 Å². The Morgan fingerprint density at radius 3 is 2.23 bits per heavy atom. The van der Waals surface area contributed by atoms with Crippen LogP contribution >= 0.6 is 0 Å². The molecule has 1 aliphatic rings. The van der Waals surface area contributed by atoms with Gasteiger partial charge in [0.15, 0.2) is 11.9 Å². The lowest BCUT2D eigenvalue weighted by Gasteiger charge is -2.14. The topological polar surface area (TPSA) is 72.5 Å². The second-order valence-corrected chi connectivity index (χ2v) is 6.57. The molecule has 2 aromatic carbocycles. The van der Waals surface area contributed by atoms with Crippen molar-refractivity contribution >= 4 is 17.7 Å². The number of rotatable bonds is 6. The van der Waals surface area contributed by atoms with Crippen LogP contribution in [0.3, 0.4) is 0 Å². The molecule has 0 aromatic heterocycles. The molecule has 3 rings (SSSR count). The highest BCUT2D eigenvalue weighted by molar-refractivity contribution is 6.14. The van der Waals surface area contributed by atoms with Crippen molar-refractivity contribution in [1.82, 2.24) is 5.32 Å². The summed E-state index contributed by atoms with van der Waals surface area (Å²) in [6.45, 7) is 3.47. The molecule has 2 aromatic rings. The van der Waals surface area contributed by atoms with Crippen LogP contribution in [0.5, 0.6) is 0 Å². The van der Waals surface area contributed by atoms with Crippen LogP contribution in [0.15, 0.2) is 48.5 Å². The van der Waals surface area contributed by atoms with Crippen molar-refractivity contribution in [1.29, 1.82) is 0 Å². The van der Waals surface area contributed by atoms with E-state index in [-0.39, 0.29) is 28.9 Å². The summed E-state index contributed by atoms with van der Waals surface area (Å²) in [5, 5.41) is 2.80. The second kappa shape index (κ2) is 7.52. The van der Waals surface area contributed by atoms with Gasteiger partial charge in [0.25, 0.3) is 5.91 Å². The van der Waals surface area contributed by atoms with Crippen LogP contribution < -0.4 is 5.32 Å². The van der Waals surface area contributed by atoms with E-state index in [1.807, 2.05) is 19.1 Å². The fourth-order valence-corrected chi connectivity index (χ4v) is 2.54. The van der Waals surface area contributed by atoms with E-state index < -0.39 is 12.1 Å². The summed E-state index contributed by atoms with van der Waals surface area (Å²) in [6.07, 6.45) is 1.01. The molecule has 0 aliphatic heterocycles. The maximum atomic E-state index is 12.8. The first-order valence-corrected chi connectivity index (χ1v) is 8.67. The third-order valence-electron chi connectivity index (χ3n) is 4.28. The molecule has 1 atom stereocenters. The van der Waals surface area contributed by atoms with Crippen LogP contribution in [-0.2, 0) is 9.53 Å². The van der Waals surface area contributed by atoms with Gasteiger partial charge < -0.3 is 10.1 Å². The van der Waals surface area contributed by atoms with E-state index in [1.165, 1.54) is 13.0 Å². The molecule has 5 nitrogen and oxygen atoms in total. The van der Waals surface area contributed by atoms with Crippen molar-refractivity contribution in [2.75, 3.05) is 0 Å². The van der Waals surface area contributed by atoms with Crippen LogP contribution in [-0.4, -0.2) is 29.8 Å². The first kappa shape index (κ1) is 17.9. The van der Waals surface area contributed by atoms with E-state index >= 15 is 0 Å². The van der Waals surface area contributed by atoms with E-state index in [2.05, 4.69) is 5.32 Å². The van der Waals surface area contributed by atoms with Crippen LogP contribution in [0.25, 0.3) is 0 Å². The van der Waals surface area contributed by atoms with Crippen molar-refractivity contribution < 1.29 is 19.1 Å². The minimum absolute atomic E-state index is 0.157. The summed E-state index contributed by atoms with van der Waals surface area (Å²) in [7, 11) is 0. The third kappa shape index (κ3) is 4.17. The number of carbonyl (C=O) groups is 3. The molecule has 1 unspecified atom stereocenters. The van der Waals surface area contributed by atoms with E-state index in [4.69, 9.17) is 4.74 Å². The van der Waals surface area contributed by atoms with Crippen molar-refractivity contribution in [3.8, 4) is 0 Å². The molecule has 0 spiro atoms. The number of hydrogen-bond acceptors (Lipinski definition) is 4. The van der Waals surface area contributed by atoms with Crippen molar-refractivity contribution in [2.45, 2.75) is 38.8 Å². The third-order valence-corrected chi connectivity index (χ3v) is 4.28. The lowest BCUT2D eigenvalue weighted by Crippen LogP contribution is -2.37. The molecule has 0 heterocycles. The molecule has 1 saturated carbocycles. The number of carbonyl (C=O) groups excluding carboxylic acids is 3. The second-order valence-electron chi connectivity index (χ2n) is 6.57. The van der Waals surface area contributed by atoms with Crippen LogP contribution in [0.1, 0.15) is 51.6 Å². The Bertz CT molecular complexity index is 837. The number of benzene rings is 2. The molecule has 0 bridgehead atoms. The molecule has 1 N–H and O–H groups in total. The fourth-order valence-electron chi connectivity index (χ4n) is 2.54. The Morgan fingerprint density at radius 2 is 1.62 bits per heavy atom. The molecule has 134 valence electrons. The molecule has 1 aliphatic carbocycles. The molecular weight excluding hydrogens is 330 g/mol. The maximum Gasteiger partial charge on any atom is 0.339 e. The number of esters is 1. The summed E-state index contributed by atoms with van der Waals surface area (Å²) in [6, 6.07) is 13.8. The van der Waals surface area contributed by atoms with Gasteiger partial charge in [-0.3, -0.25) is 9.59 Å². The smallest absolute Gasteiger partial charge is 0.339 e. The minimum atomic E-state index is -0.911. The number of ether oxygens (including phenoxy) is 1. The fraction of sp³-hybridized carbons (Fsp3) is 0.286. The SMILES string of the molecule is Cc1ccc(C(=O)c2ccccc2C(=O)OC(C)C(=O)NC2CC2)cc1. The zero-order valence-corrected chi connectivity index (χ0v) is 14.8. The average Bonchev–Trinajstić information content (AvgIpc) is 3.45. The highest BCUT2D eigenvalue weighted by Crippen LogP contribution is 2.20. The van der Waals surface area contributed by atoms with Gasteiger partial charge in [-0.1, -0.05) is 48.0 Å². The summed E-state index contributed by atoms with van der Waals surface area (Å²) >= 11 is 0. The summed E-state index contributed by atoms with van der Waals surface area (Å²) in [4.78, 5) is 37.3. The first-order chi connectivity index (χ1) is 12.5. The Balaban J connectivity index is 1.77. The van der Waals surface area contributed by atoms with Crippen LogP contribution in [0.4, 0.5) is 0 Å². The van der Waals surface area contributed by atoms with E-state index in [1.54, 1.807) is 30.3 Å². The highest BCUT2D eigenvalue weighted by atomic mass is 16.5. The van der Waals surface area contributed by atoms with Gasteiger partial charge in [-0.2, -0.15) is 0 Å². The van der Waals surface area contributed by atoms with Crippen molar-refractivity contribution in [3.05, 3.63) is 70.8 Å². The highest BCUT2D eigenvalue weighted by Gasteiger charge is 2.28. The Labute approximate surface area is 152 Å². The monoisotopic (exact) mass is 351 g/mol. The number of nitrogens with one attached hydrogen (secondary N) is 1. The van der Waals surface area contributed by atoms with E-state index in [9.17, 15) is 14.4 Å². The Morgan fingerprint density at radius 1 is 1.00 bits per heavy atom. The predicted octanol–water partition coefficient (Wildman–Crippen LogP) is 3.05. The van der Waals surface area contributed by atoms with Gasteiger partial charge >= 0.3 is 5.97 Å². The lowest BCUT2D eigenvalue weighted by atomic mass is 9.98. The standard InChI is InChI=1S/C21H21NO4/c1-13-7-9-15(10-8-13)19(23)17-5-3-4-6-18(17)21(25)26-14(2)20(24)22-16-11-12-16/h3-10,14,16H,11-12H2,1-2H3,(H,22,24). The largest absolute Gasteiger partial charge is 0.449 e. The molecule has 1 fully saturated rings. The van der Waals surface area contributed by atoms with Gasteiger partial charge in [0.1, 0.15) is 0 Å². The Hall–Kier alpha value is -2.95. The number of amides is 1. The molecule has 1 amide bonds. The Kier molecular flexibility index (Phi) is 5.16. The van der Waals surface area contributed by atoms with Crippen LogP contribution in [0, 0.1) is 6.92 Å². The summed E-state index contributed by atoms with van der Waals surface area (Å²) < 4.78 is 5.27. The summed E-state index contributed by atoms with van der Waals surface area (Å²) in [5.74, 6) is -1.25. The molecular formula is C21H21NO4. The minimum Gasteiger partial charge on any atom is -0.449 e. The molecule has 26 heavy (non-hydrogen) atoms. The number of aryl methyl sites for hydroxylation is 1. The molecule has 0 saturated heterocycles. The van der Waals surface area contributed by atoms with Gasteiger partial charge in [-0.25, -0.2) is 4.79 Å². The molecule has 5 heteroatoms. The average molecular weight is 351 g/mol. The number of hydrogen-bond donors (Lipinski definition) is 1. The van der Waals surface area contributed by atoms with Gasteiger partial charge in [0.05, 0.1) is 5.56 Å². The first-order valence-electron chi connectivity index (χ1n) is 8.67. The van der Waals surface area contributed by atoms with Gasteiger partial charge in [-0.15, -0.1) is 0 Å². The van der Waals surface area contributed by atoms with Gasteiger partial charge in [0.2, 0.25) is 0 Å². The maximum absolute atomic E-state index is 12.8. The number of ketones is 1. The predicted molar refractivity (Wildman–Crippen MR) is 97.1 cm³/mol. The normalized spacial score (nSPS) is 14.4. The van der Waals surface area contributed by atoms with E-state index in [0.29, 0.717) is 5.56 Å². The van der Waals surface area contributed by atoms with Gasteiger partial charge in [0, 0.05) is 17.2 Å². The van der Waals surface area contributed by atoms with Crippen molar-refractivity contribution in [2.24, 2.45) is 0 Å². The quantitative estimate of drug-likeness (QED) is 0.641. The van der Waals surface area contributed by atoms with Crippen molar-refractivity contribution in [3.63, 3.8) is 0 Å². The van der Waals surface area contributed by atoms with E-state index in [0.717, 1.165) is 18.4 Å². The zero-order chi connectivity index (χ0) is 18.7. The molecule has 0 radical (unpaired) electrons. The lowest BCUT2D eigenvalue weighted by molar-refractivity contribution is -0.129. The van der Waals surface area contributed by atoms with Gasteiger partial charge in [-0.05, 0) is 32.8 Å². The zero-order valence-electron chi connectivity index (χ0n) is 14.8. The summed E-state index contributed by atoms with van der Waals surface area (Å²) in [5.41, 5.74) is 1.96.